The lowest BCUT2D eigenvalue weighted by atomic mass is 10.3. The van der Waals surface area contributed by atoms with Crippen LogP contribution in [0.2, 0.25) is 0 Å². The van der Waals surface area contributed by atoms with Crippen LogP contribution in [-0.4, -0.2) is 32.6 Å². The second-order valence-electron chi connectivity index (χ2n) is 3.72. The number of aromatic carboxylic acids is 1. The summed E-state index contributed by atoms with van der Waals surface area (Å²) < 4.78 is 15.6. The Morgan fingerprint density at radius 2 is 2.32 bits per heavy atom. The summed E-state index contributed by atoms with van der Waals surface area (Å²) in [5, 5.41) is 18.7. The van der Waals surface area contributed by atoms with E-state index in [-0.39, 0.29) is 11.5 Å². The van der Waals surface area contributed by atoms with E-state index in [1.807, 2.05) is 0 Å². The number of nitrogens with one attached hydrogen (secondary N) is 1. The molecule has 100 valence electrons. The van der Waals surface area contributed by atoms with Gasteiger partial charge in [-0.2, -0.15) is 0 Å². The maximum atomic E-state index is 13.4. The van der Waals surface area contributed by atoms with Gasteiger partial charge in [0.25, 0.3) is 0 Å². The number of carboxylic acid groups (broad SMARTS) is 1. The van der Waals surface area contributed by atoms with Gasteiger partial charge in [0.1, 0.15) is 5.82 Å². The van der Waals surface area contributed by atoms with Crippen LogP contribution in [0, 0.1) is 5.82 Å². The maximum Gasteiger partial charge on any atom is 0.358 e. The minimum Gasteiger partial charge on any atom is -0.476 e. The van der Waals surface area contributed by atoms with E-state index in [0.717, 1.165) is 4.47 Å². The molecule has 0 aliphatic carbocycles. The lowest BCUT2D eigenvalue weighted by molar-refractivity contribution is 0.0690. The zero-order valence-electron chi connectivity index (χ0n) is 9.68. The molecule has 1 aromatic heterocycles. The number of carbonyl (C=O) groups is 1. The Hall–Kier alpha value is -1.96. The molecule has 0 aliphatic rings. The molecule has 0 fully saturated rings. The first kappa shape index (κ1) is 13.5. The lowest BCUT2D eigenvalue weighted by Crippen LogP contribution is -2.12. The van der Waals surface area contributed by atoms with E-state index in [9.17, 15) is 9.18 Å². The third-order valence-corrected chi connectivity index (χ3v) is 2.84. The fourth-order valence-electron chi connectivity index (χ4n) is 1.44. The van der Waals surface area contributed by atoms with Crippen LogP contribution >= 0.6 is 15.9 Å². The van der Waals surface area contributed by atoms with Crippen LogP contribution in [0.25, 0.3) is 0 Å². The fourth-order valence-corrected chi connectivity index (χ4v) is 1.80. The highest BCUT2D eigenvalue weighted by molar-refractivity contribution is 9.10. The number of rotatable bonds is 5. The van der Waals surface area contributed by atoms with Gasteiger partial charge in [0.2, 0.25) is 0 Å². The van der Waals surface area contributed by atoms with Crippen molar-refractivity contribution >= 4 is 27.6 Å². The molecule has 19 heavy (non-hydrogen) atoms. The van der Waals surface area contributed by atoms with Gasteiger partial charge < -0.3 is 10.4 Å². The molecule has 0 saturated carbocycles. The van der Waals surface area contributed by atoms with Gasteiger partial charge in [0, 0.05) is 11.0 Å². The summed E-state index contributed by atoms with van der Waals surface area (Å²) >= 11 is 3.25. The van der Waals surface area contributed by atoms with Gasteiger partial charge in [-0.3, -0.25) is 0 Å². The minimum absolute atomic E-state index is 0.117. The van der Waals surface area contributed by atoms with Crippen molar-refractivity contribution in [2.75, 3.05) is 11.9 Å². The third-order valence-electron chi connectivity index (χ3n) is 2.34. The lowest BCUT2D eigenvalue weighted by Gasteiger charge is -2.07. The molecular weight excluding hydrogens is 319 g/mol. The molecular formula is C11H10BrFN4O2. The number of nitrogens with zero attached hydrogens (tertiary/aromatic N) is 3. The topological polar surface area (TPSA) is 80.0 Å². The van der Waals surface area contributed by atoms with E-state index in [2.05, 4.69) is 31.6 Å². The average molecular weight is 329 g/mol. The van der Waals surface area contributed by atoms with E-state index >= 15 is 0 Å². The number of hydrogen-bond acceptors (Lipinski definition) is 4. The predicted octanol–water partition coefficient (Wildman–Crippen LogP) is 1.99. The van der Waals surface area contributed by atoms with Crippen LogP contribution < -0.4 is 5.32 Å². The molecule has 0 bridgehead atoms. The highest BCUT2D eigenvalue weighted by Gasteiger charge is 2.08. The monoisotopic (exact) mass is 328 g/mol. The number of anilines is 1. The van der Waals surface area contributed by atoms with E-state index in [4.69, 9.17) is 5.11 Å². The normalized spacial score (nSPS) is 10.4. The van der Waals surface area contributed by atoms with E-state index in [1.54, 1.807) is 12.1 Å². The largest absolute Gasteiger partial charge is 0.476 e. The standard InChI is InChI=1S/C11H10BrFN4O2/c12-7-1-2-8(13)9(5-7)14-3-4-17-6-10(11(18)19)15-16-17/h1-2,5-6,14H,3-4H2,(H,18,19). The highest BCUT2D eigenvalue weighted by atomic mass is 79.9. The summed E-state index contributed by atoms with van der Waals surface area (Å²) in [6.45, 7) is 0.780. The van der Waals surface area contributed by atoms with E-state index in [1.165, 1.54) is 16.9 Å². The molecule has 0 amide bonds. The van der Waals surface area contributed by atoms with Gasteiger partial charge in [-0.15, -0.1) is 5.10 Å². The summed E-state index contributed by atoms with van der Waals surface area (Å²) in [5.41, 5.74) is 0.251. The Labute approximate surface area is 116 Å². The highest BCUT2D eigenvalue weighted by Crippen LogP contribution is 2.19. The van der Waals surface area contributed by atoms with Crippen molar-refractivity contribution in [3.05, 3.63) is 40.4 Å². The molecule has 2 N–H and O–H groups in total. The molecule has 2 aromatic rings. The van der Waals surface area contributed by atoms with Gasteiger partial charge in [-0.25, -0.2) is 13.9 Å². The Kier molecular flexibility index (Phi) is 4.10. The molecule has 1 heterocycles. The Morgan fingerprint density at radius 3 is 3.00 bits per heavy atom. The predicted molar refractivity (Wildman–Crippen MR) is 69.6 cm³/mol. The molecule has 0 saturated heterocycles. The third kappa shape index (κ3) is 3.50. The number of hydrogen-bond donors (Lipinski definition) is 2. The first-order valence-electron chi connectivity index (χ1n) is 5.38. The molecule has 0 unspecified atom stereocenters. The van der Waals surface area contributed by atoms with Gasteiger partial charge in [0.05, 0.1) is 18.4 Å². The quantitative estimate of drug-likeness (QED) is 0.877. The van der Waals surface area contributed by atoms with E-state index in [0.29, 0.717) is 18.8 Å². The summed E-state index contributed by atoms with van der Waals surface area (Å²) in [7, 11) is 0. The number of aromatic nitrogens is 3. The van der Waals surface area contributed by atoms with Crippen LogP contribution in [-0.2, 0) is 6.54 Å². The van der Waals surface area contributed by atoms with Gasteiger partial charge in [0.15, 0.2) is 5.69 Å². The zero-order valence-corrected chi connectivity index (χ0v) is 11.3. The van der Waals surface area contributed by atoms with Crippen LogP contribution in [0.5, 0.6) is 0 Å². The summed E-state index contributed by atoms with van der Waals surface area (Å²) in [6, 6.07) is 4.58. The van der Waals surface area contributed by atoms with E-state index < -0.39 is 5.97 Å². The van der Waals surface area contributed by atoms with Crippen LogP contribution in [0.1, 0.15) is 10.5 Å². The van der Waals surface area contributed by atoms with Crippen molar-refractivity contribution in [3.8, 4) is 0 Å². The molecule has 2 rings (SSSR count). The van der Waals surface area contributed by atoms with Crippen LogP contribution in [0.15, 0.2) is 28.9 Å². The number of carboxylic acids is 1. The molecule has 0 atom stereocenters. The molecule has 1 aromatic carbocycles. The number of benzene rings is 1. The van der Waals surface area contributed by atoms with Crippen molar-refractivity contribution in [2.24, 2.45) is 0 Å². The molecule has 0 radical (unpaired) electrons. The second kappa shape index (κ2) is 5.79. The fraction of sp³-hybridized carbons (Fsp3) is 0.182. The van der Waals surface area contributed by atoms with Crippen LogP contribution in [0.4, 0.5) is 10.1 Å². The number of halogens is 2. The first-order valence-corrected chi connectivity index (χ1v) is 6.18. The summed E-state index contributed by atoms with van der Waals surface area (Å²) in [6.07, 6.45) is 1.32. The van der Waals surface area contributed by atoms with Gasteiger partial charge in [-0.1, -0.05) is 21.1 Å². The second-order valence-corrected chi connectivity index (χ2v) is 4.64. The summed E-state index contributed by atoms with van der Waals surface area (Å²) in [5.74, 6) is -1.48. The smallest absolute Gasteiger partial charge is 0.358 e. The molecule has 8 heteroatoms. The Bertz CT molecular complexity index is 602. The molecule has 0 spiro atoms. The molecule has 0 aliphatic heterocycles. The van der Waals surface area contributed by atoms with Crippen molar-refractivity contribution in [3.63, 3.8) is 0 Å². The maximum absolute atomic E-state index is 13.4. The Balaban J connectivity index is 1.92. The summed E-state index contributed by atoms with van der Waals surface area (Å²) in [4.78, 5) is 10.6. The average Bonchev–Trinajstić information content (AvgIpc) is 2.82. The van der Waals surface area contributed by atoms with Crippen LogP contribution in [0.3, 0.4) is 0 Å². The first-order chi connectivity index (χ1) is 9.06. The molecule has 6 nitrogen and oxygen atoms in total. The van der Waals surface area contributed by atoms with Crippen molar-refractivity contribution in [1.29, 1.82) is 0 Å². The van der Waals surface area contributed by atoms with Crippen molar-refractivity contribution in [2.45, 2.75) is 6.54 Å². The Morgan fingerprint density at radius 1 is 1.53 bits per heavy atom. The van der Waals surface area contributed by atoms with Crippen molar-refractivity contribution in [1.82, 2.24) is 15.0 Å². The SMILES string of the molecule is O=C(O)c1cn(CCNc2cc(Br)ccc2F)nn1. The van der Waals surface area contributed by atoms with Gasteiger partial charge in [-0.05, 0) is 18.2 Å². The zero-order chi connectivity index (χ0) is 13.8. The van der Waals surface area contributed by atoms with Crippen molar-refractivity contribution < 1.29 is 14.3 Å². The minimum atomic E-state index is -1.13. The van der Waals surface area contributed by atoms with Gasteiger partial charge >= 0.3 is 5.97 Å².